The SMILES string of the molecule is [2H]C([2H])([2H])c1[nH]ccc1C(=O)OCC. The van der Waals surface area contributed by atoms with E-state index in [0.717, 1.165) is 0 Å². The molecule has 60 valence electrons. The number of aromatic nitrogens is 1. The third-order valence-corrected chi connectivity index (χ3v) is 1.24. The van der Waals surface area contributed by atoms with Gasteiger partial charge in [0, 0.05) is 16.0 Å². The van der Waals surface area contributed by atoms with E-state index >= 15 is 0 Å². The molecule has 11 heavy (non-hydrogen) atoms. The highest BCUT2D eigenvalue weighted by Crippen LogP contribution is 2.05. The largest absolute Gasteiger partial charge is 0.462 e. The molecule has 1 aromatic heterocycles. The van der Waals surface area contributed by atoms with E-state index in [0.29, 0.717) is 0 Å². The third kappa shape index (κ3) is 1.61. The van der Waals surface area contributed by atoms with Gasteiger partial charge < -0.3 is 9.72 Å². The number of aromatic amines is 1. The molecule has 1 aromatic rings. The Morgan fingerprint density at radius 2 is 2.73 bits per heavy atom. The monoisotopic (exact) mass is 156 g/mol. The number of rotatable bonds is 2. The molecule has 0 aliphatic rings. The first-order chi connectivity index (χ1) is 6.46. The van der Waals surface area contributed by atoms with Crippen molar-refractivity contribution in [3.05, 3.63) is 23.5 Å². The van der Waals surface area contributed by atoms with Crippen molar-refractivity contribution in [2.45, 2.75) is 13.8 Å². The number of hydrogen-bond acceptors (Lipinski definition) is 2. The third-order valence-electron chi connectivity index (χ3n) is 1.24. The number of esters is 1. The van der Waals surface area contributed by atoms with E-state index in [-0.39, 0.29) is 17.9 Å². The summed E-state index contributed by atoms with van der Waals surface area (Å²) in [4.78, 5) is 13.8. The highest BCUT2D eigenvalue weighted by molar-refractivity contribution is 5.90. The van der Waals surface area contributed by atoms with Gasteiger partial charge in [0.25, 0.3) is 0 Å². The molecule has 0 atom stereocenters. The number of carbonyl (C=O) groups excluding carboxylic acids is 1. The van der Waals surface area contributed by atoms with Crippen molar-refractivity contribution < 1.29 is 13.6 Å². The molecule has 0 bridgehead atoms. The number of nitrogens with one attached hydrogen (secondary N) is 1. The van der Waals surface area contributed by atoms with Crippen LogP contribution < -0.4 is 0 Å². The Hall–Kier alpha value is -1.25. The molecule has 1 N–H and O–H groups in total. The van der Waals surface area contributed by atoms with Gasteiger partial charge in [0.05, 0.1) is 12.2 Å². The summed E-state index contributed by atoms with van der Waals surface area (Å²) in [5.74, 6) is -0.611. The molecule has 0 aromatic carbocycles. The van der Waals surface area contributed by atoms with Crippen LogP contribution >= 0.6 is 0 Å². The summed E-state index contributed by atoms with van der Waals surface area (Å²) in [6, 6.07) is 1.40. The predicted octanol–water partition coefficient (Wildman–Crippen LogP) is 1.50. The Morgan fingerprint density at radius 3 is 3.36 bits per heavy atom. The first-order valence-electron chi connectivity index (χ1n) is 4.81. The number of hydrogen-bond donors (Lipinski definition) is 1. The van der Waals surface area contributed by atoms with Gasteiger partial charge in [-0.15, -0.1) is 0 Å². The van der Waals surface area contributed by atoms with E-state index in [1.54, 1.807) is 6.92 Å². The van der Waals surface area contributed by atoms with Crippen molar-refractivity contribution in [2.24, 2.45) is 0 Å². The fourth-order valence-electron chi connectivity index (χ4n) is 0.748. The molecule has 0 aliphatic carbocycles. The Labute approximate surface area is 69.6 Å². The van der Waals surface area contributed by atoms with Crippen LogP contribution in [0.25, 0.3) is 0 Å². The van der Waals surface area contributed by atoms with Gasteiger partial charge in [-0.25, -0.2) is 4.79 Å². The molecule has 3 nitrogen and oxygen atoms in total. The van der Waals surface area contributed by atoms with Gasteiger partial charge in [-0.3, -0.25) is 0 Å². The standard InChI is InChI=1S/C8H11NO2/c1-3-11-8(10)7-4-5-9-6(7)2/h4-5,9H,3H2,1-2H3/i2D3. The van der Waals surface area contributed by atoms with Crippen LogP contribution in [-0.2, 0) is 4.74 Å². The average molecular weight is 156 g/mol. The second-order valence-electron chi connectivity index (χ2n) is 1.99. The van der Waals surface area contributed by atoms with Gasteiger partial charge in [-0.2, -0.15) is 0 Å². The number of aryl methyl sites for hydroxylation is 1. The highest BCUT2D eigenvalue weighted by Gasteiger charge is 2.08. The second-order valence-corrected chi connectivity index (χ2v) is 1.99. The summed E-state index contributed by atoms with van der Waals surface area (Å²) >= 11 is 0. The van der Waals surface area contributed by atoms with Crippen molar-refractivity contribution in [1.82, 2.24) is 4.98 Å². The van der Waals surface area contributed by atoms with Crippen molar-refractivity contribution in [1.29, 1.82) is 0 Å². The zero-order chi connectivity index (χ0) is 10.8. The van der Waals surface area contributed by atoms with E-state index in [2.05, 4.69) is 4.98 Å². The zero-order valence-electron chi connectivity index (χ0n) is 9.18. The maximum Gasteiger partial charge on any atom is 0.339 e. The Balaban J connectivity index is 2.99. The molecule has 1 heterocycles. The molecule has 0 unspecified atom stereocenters. The maximum absolute atomic E-state index is 11.3. The van der Waals surface area contributed by atoms with Crippen LogP contribution in [0, 0.1) is 6.85 Å². The number of carbonyl (C=O) groups is 1. The van der Waals surface area contributed by atoms with Crippen molar-refractivity contribution >= 4 is 5.97 Å². The second kappa shape index (κ2) is 3.23. The molecule has 0 fully saturated rings. The molecule has 0 amide bonds. The number of ether oxygens (including phenoxy) is 1. The molecule has 0 aliphatic heterocycles. The van der Waals surface area contributed by atoms with E-state index in [9.17, 15) is 4.79 Å². The molecular formula is C8H11NO2. The van der Waals surface area contributed by atoms with Gasteiger partial charge in [-0.1, -0.05) is 0 Å². The van der Waals surface area contributed by atoms with Gasteiger partial charge in [0.1, 0.15) is 0 Å². The quantitative estimate of drug-likeness (QED) is 0.659. The molecule has 0 saturated heterocycles. The summed E-state index contributed by atoms with van der Waals surface area (Å²) in [7, 11) is 0. The fourth-order valence-corrected chi connectivity index (χ4v) is 0.748. The highest BCUT2D eigenvalue weighted by atomic mass is 16.5. The Bertz CT molecular complexity index is 330. The van der Waals surface area contributed by atoms with Gasteiger partial charge in [0.15, 0.2) is 0 Å². The van der Waals surface area contributed by atoms with E-state index in [1.807, 2.05) is 0 Å². The minimum absolute atomic E-state index is 0.0732. The summed E-state index contributed by atoms with van der Waals surface area (Å²) in [6.07, 6.45) is 1.41. The normalized spacial score (nSPS) is 14.8. The molecule has 3 heteroatoms. The molecule has 1 rings (SSSR count). The summed E-state index contributed by atoms with van der Waals surface area (Å²) in [5, 5.41) is 0. The van der Waals surface area contributed by atoms with Crippen LogP contribution in [0.2, 0.25) is 0 Å². The predicted molar refractivity (Wildman–Crippen MR) is 41.5 cm³/mol. The van der Waals surface area contributed by atoms with Gasteiger partial charge in [-0.05, 0) is 19.8 Å². The van der Waals surface area contributed by atoms with Crippen LogP contribution in [0.3, 0.4) is 0 Å². The lowest BCUT2D eigenvalue weighted by atomic mass is 10.3. The van der Waals surface area contributed by atoms with Crippen molar-refractivity contribution in [3.63, 3.8) is 0 Å². The molecule has 0 radical (unpaired) electrons. The summed E-state index contributed by atoms with van der Waals surface area (Å²) in [5.41, 5.74) is 0.00259. The summed E-state index contributed by atoms with van der Waals surface area (Å²) < 4.78 is 26.2. The lowest BCUT2D eigenvalue weighted by Gasteiger charge is -1.98. The van der Waals surface area contributed by atoms with Gasteiger partial charge in [0.2, 0.25) is 0 Å². The summed E-state index contributed by atoms with van der Waals surface area (Å²) in [6.45, 7) is -0.421. The number of H-pyrrole nitrogens is 1. The van der Waals surface area contributed by atoms with Crippen LogP contribution in [0.15, 0.2) is 12.3 Å². The van der Waals surface area contributed by atoms with E-state index < -0.39 is 12.8 Å². The zero-order valence-corrected chi connectivity index (χ0v) is 6.18. The van der Waals surface area contributed by atoms with Crippen LogP contribution in [-0.4, -0.2) is 17.6 Å². The minimum Gasteiger partial charge on any atom is -0.462 e. The molecular weight excluding hydrogens is 142 g/mol. The molecule has 0 saturated carbocycles. The van der Waals surface area contributed by atoms with Crippen molar-refractivity contribution in [2.75, 3.05) is 6.61 Å². The topological polar surface area (TPSA) is 42.1 Å². The van der Waals surface area contributed by atoms with Crippen LogP contribution in [0.4, 0.5) is 0 Å². The van der Waals surface area contributed by atoms with Crippen molar-refractivity contribution in [3.8, 4) is 0 Å². The van der Waals surface area contributed by atoms with E-state index in [1.165, 1.54) is 12.3 Å². The Morgan fingerprint density at radius 1 is 1.91 bits per heavy atom. The average Bonchev–Trinajstić information content (AvgIpc) is 2.50. The smallest absolute Gasteiger partial charge is 0.339 e. The lowest BCUT2D eigenvalue weighted by Crippen LogP contribution is -2.04. The molecule has 0 spiro atoms. The van der Waals surface area contributed by atoms with Crippen LogP contribution in [0.5, 0.6) is 0 Å². The van der Waals surface area contributed by atoms with Crippen LogP contribution in [0.1, 0.15) is 27.1 Å². The maximum atomic E-state index is 11.3. The first-order valence-corrected chi connectivity index (χ1v) is 3.31. The van der Waals surface area contributed by atoms with Gasteiger partial charge >= 0.3 is 5.97 Å². The van der Waals surface area contributed by atoms with E-state index in [4.69, 9.17) is 8.85 Å². The lowest BCUT2D eigenvalue weighted by molar-refractivity contribution is 0.0526. The Kier molecular flexibility index (Phi) is 1.35. The first kappa shape index (κ1) is 4.59. The minimum atomic E-state index is -2.31. The fraction of sp³-hybridized carbons (Fsp3) is 0.375.